The summed E-state index contributed by atoms with van der Waals surface area (Å²) >= 11 is 1.60. The molecule has 0 bridgehead atoms. The summed E-state index contributed by atoms with van der Waals surface area (Å²) in [7, 11) is 0. The predicted molar refractivity (Wildman–Crippen MR) is 101 cm³/mol. The standard InChI is InChI=1S/C20H21FN2OS/c1-25-20(23-13-3-2-4-14-23)18(15-9-11-22-12-10-15)19(24)16-5-7-17(21)8-6-16/h5-12H,2-4,13-14H2,1H3/b20-18+. The van der Waals surface area contributed by atoms with Crippen LogP contribution in [0.2, 0.25) is 0 Å². The Morgan fingerprint density at radius 1 is 1.00 bits per heavy atom. The molecule has 3 rings (SSSR count). The van der Waals surface area contributed by atoms with Crippen molar-refractivity contribution in [1.29, 1.82) is 0 Å². The number of likely N-dealkylation sites (tertiary alicyclic amines) is 1. The molecule has 1 aromatic carbocycles. The predicted octanol–water partition coefficient (Wildman–Crippen LogP) is 4.62. The Kier molecular flexibility index (Phi) is 5.87. The Labute approximate surface area is 152 Å². The highest BCUT2D eigenvalue weighted by atomic mass is 32.2. The zero-order chi connectivity index (χ0) is 17.6. The maximum atomic E-state index is 13.3. The molecule has 5 heteroatoms. The monoisotopic (exact) mass is 356 g/mol. The van der Waals surface area contributed by atoms with Gasteiger partial charge in [0.25, 0.3) is 0 Å². The molecule has 0 atom stereocenters. The lowest BCUT2D eigenvalue weighted by molar-refractivity contribution is 0.105. The van der Waals surface area contributed by atoms with Gasteiger partial charge in [0.2, 0.25) is 0 Å². The van der Waals surface area contributed by atoms with E-state index >= 15 is 0 Å². The lowest BCUT2D eigenvalue weighted by Crippen LogP contribution is -2.29. The fourth-order valence-corrected chi connectivity index (χ4v) is 3.96. The quantitative estimate of drug-likeness (QED) is 0.578. The summed E-state index contributed by atoms with van der Waals surface area (Å²) in [6.45, 7) is 1.92. The molecular weight excluding hydrogens is 335 g/mol. The van der Waals surface area contributed by atoms with Gasteiger partial charge in [-0.05, 0) is 67.5 Å². The first kappa shape index (κ1) is 17.7. The first-order valence-electron chi connectivity index (χ1n) is 8.44. The smallest absolute Gasteiger partial charge is 0.196 e. The second kappa shape index (κ2) is 8.30. The molecule has 1 fully saturated rings. The van der Waals surface area contributed by atoms with E-state index in [1.165, 1.54) is 18.6 Å². The van der Waals surface area contributed by atoms with Gasteiger partial charge in [-0.15, -0.1) is 11.8 Å². The van der Waals surface area contributed by atoms with Gasteiger partial charge in [0.1, 0.15) is 5.82 Å². The number of thioether (sulfide) groups is 1. The number of piperidine rings is 1. The van der Waals surface area contributed by atoms with Crippen LogP contribution in [0.4, 0.5) is 4.39 Å². The van der Waals surface area contributed by atoms with Crippen LogP contribution < -0.4 is 0 Å². The summed E-state index contributed by atoms with van der Waals surface area (Å²) in [4.78, 5) is 19.6. The third-order valence-electron chi connectivity index (χ3n) is 4.35. The van der Waals surface area contributed by atoms with Crippen LogP contribution in [0.1, 0.15) is 35.2 Å². The van der Waals surface area contributed by atoms with Crippen molar-refractivity contribution in [2.75, 3.05) is 19.3 Å². The highest BCUT2D eigenvalue weighted by Crippen LogP contribution is 2.33. The minimum atomic E-state index is -0.341. The van der Waals surface area contributed by atoms with Gasteiger partial charge in [0.15, 0.2) is 5.78 Å². The number of nitrogens with zero attached hydrogens (tertiary/aromatic N) is 2. The van der Waals surface area contributed by atoms with Crippen LogP contribution in [0, 0.1) is 5.82 Å². The Morgan fingerprint density at radius 3 is 2.24 bits per heavy atom. The van der Waals surface area contributed by atoms with Crippen molar-refractivity contribution in [2.24, 2.45) is 0 Å². The van der Waals surface area contributed by atoms with Gasteiger partial charge in [-0.25, -0.2) is 4.39 Å². The van der Waals surface area contributed by atoms with Crippen molar-refractivity contribution < 1.29 is 9.18 Å². The zero-order valence-corrected chi connectivity index (χ0v) is 15.1. The number of ketones is 1. The average Bonchev–Trinajstić information content (AvgIpc) is 2.67. The number of allylic oxidation sites excluding steroid dienone is 1. The van der Waals surface area contributed by atoms with E-state index in [0.717, 1.165) is 36.5 Å². The highest BCUT2D eigenvalue weighted by molar-refractivity contribution is 8.02. The van der Waals surface area contributed by atoms with Crippen molar-refractivity contribution >= 4 is 23.1 Å². The summed E-state index contributed by atoms with van der Waals surface area (Å²) in [6.07, 6.45) is 8.90. The van der Waals surface area contributed by atoms with Crippen LogP contribution >= 0.6 is 11.8 Å². The second-order valence-corrected chi connectivity index (χ2v) is 6.80. The molecule has 0 radical (unpaired) electrons. The molecule has 2 heterocycles. The van der Waals surface area contributed by atoms with E-state index in [9.17, 15) is 9.18 Å². The minimum absolute atomic E-state index is 0.0823. The van der Waals surface area contributed by atoms with Crippen LogP contribution in [-0.4, -0.2) is 35.0 Å². The number of carbonyl (C=O) groups excluding carboxylic acids is 1. The first-order chi connectivity index (χ1) is 12.2. The normalized spacial score (nSPS) is 15.7. The Balaban J connectivity index is 2.09. The number of carbonyl (C=O) groups is 1. The summed E-state index contributed by atoms with van der Waals surface area (Å²) in [5.41, 5.74) is 2.01. The lowest BCUT2D eigenvalue weighted by atomic mass is 9.97. The lowest BCUT2D eigenvalue weighted by Gasteiger charge is -2.32. The molecule has 2 aromatic rings. The minimum Gasteiger partial charge on any atom is -0.366 e. The van der Waals surface area contributed by atoms with Gasteiger partial charge in [-0.3, -0.25) is 9.78 Å². The summed E-state index contributed by atoms with van der Waals surface area (Å²) in [6, 6.07) is 9.47. The van der Waals surface area contributed by atoms with Gasteiger partial charge in [-0.1, -0.05) is 0 Å². The molecular formula is C20H21FN2OS. The Morgan fingerprint density at radius 2 is 1.64 bits per heavy atom. The molecule has 0 aliphatic carbocycles. The molecule has 1 aliphatic heterocycles. The first-order valence-corrected chi connectivity index (χ1v) is 9.67. The zero-order valence-electron chi connectivity index (χ0n) is 14.2. The number of hydrogen-bond donors (Lipinski definition) is 0. The molecule has 1 aliphatic rings. The molecule has 0 spiro atoms. The molecule has 25 heavy (non-hydrogen) atoms. The summed E-state index contributed by atoms with van der Waals surface area (Å²) < 4.78 is 13.2. The van der Waals surface area contributed by atoms with E-state index in [2.05, 4.69) is 9.88 Å². The maximum absolute atomic E-state index is 13.3. The van der Waals surface area contributed by atoms with Crippen molar-refractivity contribution in [1.82, 2.24) is 9.88 Å². The van der Waals surface area contributed by atoms with Crippen LogP contribution in [0.3, 0.4) is 0 Å². The van der Waals surface area contributed by atoms with Crippen molar-refractivity contribution in [3.63, 3.8) is 0 Å². The molecule has 130 valence electrons. The van der Waals surface area contributed by atoms with Crippen LogP contribution in [0.15, 0.2) is 53.8 Å². The van der Waals surface area contributed by atoms with E-state index in [1.807, 2.05) is 18.4 Å². The van der Waals surface area contributed by atoms with Gasteiger partial charge in [-0.2, -0.15) is 0 Å². The van der Waals surface area contributed by atoms with Gasteiger partial charge < -0.3 is 4.90 Å². The largest absolute Gasteiger partial charge is 0.366 e. The SMILES string of the molecule is CS/C(=C(/C(=O)c1ccc(F)cc1)c1ccncc1)N1CCCCC1. The van der Waals surface area contributed by atoms with E-state index in [4.69, 9.17) is 0 Å². The van der Waals surface area contributed by atoms with Crippen molar-refractivity contribution in [2.45, 2.75) is 19.3 Å². The van der Waals surface area contributed by atoms with E-state index in [-0.39, 0.29) is 11.6 Å². The number of Topliss-reactive ketones (excluding diaryl/α,β-unsaturated/α-hetero) is 1. The molecule has 1 aromatic heterocycles. The van der Waals surface area contributed by atoms with Crippen LogP contribution in [-0.2, 0) is 0 Å². The number of pyridine rings is 1. The fourth-order valence-electron chi connectivity index (χ4n) is 3.10. The molecule has 3 nitrogen and oxygen atoms in total. The third-order valence-corrected chi connectivity index (χ3v) is 5.20. The number of rotatable bonds is 5. The summed E-state index contributed by atoms with van der Waals surface area (Å²) in [5, 5.41) is 0.986. The molecule has 1 saturated heterocycles. The topological polar surface area (TPSA) is 33.2 Å². The van der Waals surface area contributed by atoms with Crippen molar-refractivity contribution in [3.8, 4) is 0 Å². The van der Waals surface area contributed by atoms with Gasteiger partial charge in [0, 0.05) is 31.0 Å². The van der Waals surface area contributed by atoms with E-state index in [0.29, 0.717) is 11.1 Å². The van der Waals surface area contributed by atoms with Crippen LogP contribution in [0.5, 0.6) is 0 Å². The second-order valence-electron chi connectivity index (χ2n) is 6.00. The average molecular weight is 356 g/mol. The van der Waals surface area contributed by atoms with E-state index < -0.39 is 0 Å². The fraction of sp³-hybridized carbons (Fsp3) is 0.300. The number of halogens is 1. The van der Waals surface area contributed by atoms with Crippen molar-refractivity contribution in [3.05, 3.63) is 70.8 Å². The Bertz CT molecular complexity index is 753. The number of benzene rings is 1. The third kappa shape index (κ3) is 4.10. The molecule has 0 N–H and O–H groups in total. The van der Waals surface area contributed by atoms with Gasteiger partial charge >= 0.3 is 0 Å². The Hall–Kier alpha value is -2.14. The molecule has 0 saturated carbocycles. The van der Waals surface area contributed by atoms with Gasteiger partial charge in [0.05, 0.1) is 10.6 Å². The number of aromatic nitrogens is 1. The summed E-state index contributed by atoms with van der Waals surface area (Å²) in [5.74, 6) is -0.423. The highest BCUT2D eigenvalue weighted by Gasteiger charge is 2.24. The molecule has 0 amide bonds. The molecule has 0 unspecified atom stereocenters. The maximum Gasteiger partial charge on any atom is 0.196 e. The number of hydrogen-bond acceptors (Lipinski definition) is 4. The van der Waals surface area contributed by atoms with E-state index in [1.54, 1.807) is 36.3 Å². The van der Waals surface area contributed by atoms with Crippen LogP contribution in [0.25, 0.3) is 5.57 Å².